The van der Waals surface area contributed by atoms with Gasteiger partial charge in [0.15, 0.2) is 0 Å². The molecule has 1 heteroatoms. The van der Waals surface area contributed by atoms with E-state index in [4.69, 9.17) is 7.85 Å². The minimum Gasteiger partial charge on any atom is -0.0966 e. The summed E-state index contributed by atoms with van der Waals surface area (Å²) in [4.78, 5) is 0. The SMILES string of the molecule is [B]c1ccc(-c2ccc(C3CCCCC3)cc2)cc1. The molecule has 0 bridgehead atoms. The first-order valence-corrected chi connectivity index (χ1v) is 7.29. The predicted molar refractivity (Wildman–Crippen MR) is 83.1 cm³/mol. The Bertz CT molecular complexity index is 519. The van der Waals surface area contributed by atoms with E-state index in [2.05, 4.69) is 36.4 Å². The zero-order valence-electron chi connectivity index (χ0n) is 11.3. The average molecular weight is 246 g/mol. The lowest BCUT2D eigenvalue weighted by Crippen LogP contribution is -2.04. The van der Waals surface area contributed by atoms with Crippen LogP contribution in [-0.4, -0.2) is 7.85 Å². The standard InChI is InChI=1S/C18H19B/c19-18-12-10-17(11-13-18)16-8-6-15(7-9-16)14-4-2-1-3-5-14/h6-14H,1-5H2. The van der Waals surface area contributed by atoms with Crippen molar-refractivity contribution in [1.29, 1.82) is 0 Å². The monoisotopic (exact) mass is 246 g/mol. The maximum Gasteiger partial charge on any atom is 0.113 e. The zero-order valence-corrected chi connectivity index (χ0v) is 11.3. The zero-order chi connectivity index (χ0) is 13.1. The van der Waals surface area contributed by atoms with Gasteiger partial charge in [0, 0.05) is 0 Å². The van der Waals surface area contributed by atoms with Gasteiger partial charge in [-0.15, -0.1) is 0 Å². The number of rotatable bonds is 2. The Labute approximate surface area is 117 Å². The van der Waals surface area contributed by atoms with Crippen LogP contribution in [0.4, 0.5) is 0 Å². The van der Waals surface area contributed by atoms with Crippen LogP contribution in [-0.2, 0) is 0 Å². The van der Waals surface area contributed by atoms with E-state index in [-0.39, 0.29) is 0 Å². The Balaban J connectivity index is 1.80. The molecule has 19 heavy (non-hydrogen) atoms. The summed E-state index contributed by atoms with van der Waals surface area (Å²) >= 11 is 0. The Morgan fingerprint density at radius 3 is 1.79 bits per heavy atom. The van der Waals surface area contributed by atoms with E-state index in [1.807, 2.05) is 12.1 Å². The van der Waals surface area contributed by atoms with Crippen molar-refractivity contribution in [1.82, 2.24) is 0 Å². The second-order valence-corrected chi connectivity index (χ2v) is 5.58. The molecule has 2 aromatic rings. The van der Waals surface area contributed by atoms with Gasteiger partial charge >= 0.3 is 0 Å². The van der Waals surface area contributed by atoms with Crippen LogP contribution in [0.3, 0.4) is 0 Å². The molecule has 0 amide bonds. The fourth-order valence-corrected chi connectivity index (χ4v) is 3.06. The molecule has 1 saturated carbocycles. The smallest absolute Gasteiger partial charge is 0.0966 e. The van der Waals surface area contributed by atoms with Crippen molar-refractivity contribution in [3.8, 4) is 11.1 Å². The van der Waals surface area contributed by atoms with Crippen LogP contribution in [0.1, 0.15) is 43.6 Å². The summed E-state index contributed by atoms with van der Waals surface area (Å²) in [6.07, 6.45) is 6.93. The van der Waals surface area contributed by atoms with Gasteiger partial charge in [-0.3, -0.25) is 0 Å². The van der Waals surface area contributed by atoms with Gasteiger partial charge < -0.3 is 0 Å². The summed E-state index contributed by atoms with van der Waals surface area (Å²) in [5.41, 5.74) is 4.85. The molecule has 0 aromatic heterocycles. The molecular formula is C18H19B. The van der Waals surface area contributed by atoms with Crippen molar-refractivity contribution in [3.05, 3.63) is 54.1 Å². The van der Waals surface area contributed by atoms with Crippen molar-refractivity contribution in [3.63, 3.8) is 0 Å². The Morgan fingerprint density at radius 2 is 1.21 bits per heavy atom. The van der Waals surface area contributed by atoms with Crippen molar-refractivity contribution >= 4 is 13.3 Å². The van der Waals surface area contributed by atoms with Gasteiger partial charge in [0.25, 0.3) is 0 Å². The van der Waals surface area contributed by atoms with Gasteiger partial charge in [-0.25, -0.2) is 0 Å². The quantitative estimate of drug-likeness (QED) is 0.697. The molecule has 1 aliphatic rings. The highest BCUT2D eigenvalue weighted by molar-refractivity contribution is 6.32. The van der Waals surface area contributed by atoms with Crippen LogP contribution in [0, 0.1) is 0 Å². The maximum atomic E-state index is 5.73. The van der Waals surface area contributed by atoms with E-state index < -0.39 is 0 Å². The minimum atomic E-state index is 0.786. The van der Waals surface area contributed by atoms with Gasteiger partial charge in [0.1, 0.15) is 7.85 Å². The molecule has 0 atom stereocenters. The second kappa shape index (κ2) is 5.65. The van der Waals surface area contributed by atoms with E-state index in [1.165, 1.54) is 48.8 Å². The third kappa shape index (κ3) is 2.92. The fourth-order valence-electron chi connectivity index (χ4n) is 3.06. The van der Waals surface area contributed by atoms with Crippen molar-refractivity contribution < 1.29 is 0 Å². The van der Waals surface area contributed by atoms with Gasteiger partial charge in [0.05, 0.1) is 0 Å². The van der Waals surface area contributed by atoms with E-state index in [0.29, 0.717) is 0 Å². The van der Waals surface area contributed by atoms with Crippen LogP contribution >= 0.6 is 0 Å². The molecule has 0 heterocycles. The molecule has 0 aliphatic heterocycles. The maximum absolute atomic E-state index is 5.73. The third-order valence-corrected chi connectivity index (χ3v) is 4.23. The topological polar surface area (TPSA) is 0 Å². The molecule has 94 valence electrons. The number of benzene rings is 2. The number of hydrogen-bond acceptors (Lipinski definition) is 0. The lowest BCUT2D eigenvalue weighted by Gasteiger charge is -2.22. The first kappa shape index (κ1) is 12.5. The minimum absolute atomic E-state index is 0.786. The van der Waals surface area contributed by atoms with Crippen LogP contribution in [0.25, 0.3) is 11.1 Å². The van der Waals surface area contributed by atoms with Crippen LogP contribution < -0.4 is 5.46 Å². The summed E-state index contributed by atoms with van der Waals surface area (Å²) < 4.78 is 0. The highest BCUT2D eigenvalue weighted by Crippen LogP contribution is 2.33. The molecule has 2 radical (unpaired) electrons. The van der Waals surface area contributed by atoms with E-state index in [0.717, 1.165) is 11.4 Å². The molecule has 3 rings (SSSR count). The highest BCUT2D eigenvalue weighted by atomic mass is 14.2. The summed E-state index contributed by atoms with van der Waals surface area (Å²) in [6.45, 7) is 0. The first-order chi connectivity index (χ1) is 9.33. The average Bonchev–Trinajstić information content (AvgIpc) is 2.49. The molecule has 0 nitrogen and oxygen atoms in total. The molecule has 0 saturated heterocycles. The van der Waals surface area contributed by atoms with Crippen molar-refractivity contribution in [2.45, 2.75) is 38.0 Å². The normalized spacial score (nSPS) is 16.4. The summed E-state index contributed by atoms with van der Waals surface area (Å²) in [7, 11) is 5.73. The molecule has 1 fully saturated rings. The molecule has 0 spiro atoms. The summed E-state index contributed by atoms with van der Waals surface area (Å²) in [5.74, 6) is 0.786. The Hall–Kier alpha value is -1.50. The van der Waals surface area contributed by atoms with Gasteiger partial charge in [-0.1, -0.05) is 73.3 Å². The molecular weight excluding hydrogens is 227 g/mol. The lowest BCUT2D eigenvalue weighted by molar-refractivity contribution is 0.443. The van der Waals surface area contributed by atoms with Gasteiger partial charge in [0.2, 0.25) is 0 Å². The van der Waals surface area contributed by atoms with Gasteiger partial charge in [-0.05, 0) is 35.4 Å². The van der Waals surface area contributed by atoms with E-state index in [9.17, 15) is 0 Å². The van der Waals surface area contributed by atoms with Gasteiger partial charge in [-0.2, -0.15) is 0 Å². The Morgan fingerprint density at radius 1 is 0.684 bits per heavy atom. The third-order valence-electron chi connectivity index (χ3n) is 4.23. The fraction of sp³-hybridized carbons (Fsp3) is 0.333. The van der Waals surface area contributed by atoms with Crippen LogP contribution in [0.2, 0.25) is 0 Å². The van der Waals surface area contributed by atoms with Crippen LogP contribution in [0.5, 0.6) is 0 Å². The largest absolute Gasteiger partial charge is 0.113 e. The van der Waals surface area contributed by atoms with Crippen molar-refractivity contribution in [2.75, 3.05) is 0 Å². The Kier molecular flexibility index (Phi) is 3.73. The lowest BCUT2D eigenvalue weighted by atomic mass is 9.83. The first-order valence-electron chi connectivity index (χ1n) is 7.29. The predicted octanol–water partition coefficient (Wildman–Crippen LogP) is 4.20. The number of hydrogen-bond donors (Lipinski definition) is 0. The van der Waals surface area contributed by atoms with Crippen LogP contribution in [0.15, 0.2) is 48.5 Å². The highest BCUT2D eigenvalue weighted by Gasteiger charge is 2.15. The molecule has 0 N–H and O–H groups in total. The molecule has 1 aliphatic carbocycles. The molecule has 2 aromatic carbocycles. The van der Waals surface area contributed by atoms with E-state index >= 15 is 0 Å². The van der Waals surface area contributed by atoms with E-state index in [1.54, 1.807) is 0 Å². The summed E-state index contributed by atoms with van der Waals surface area (Å²) in [6, 6.07) is 17.2. The summed E-state index contributed by atoms with van der Waals surface area (Å²) in [5, 5.41) is 0. The second-order valence-electron chi connectivity index (χ2n) is 5.58. The molecule has 0 unspecified atom stereocenters. The van der Waals surface area contributed by atoms with Crippen molar-refractivity contribution in [2.24, 2.45) is 0 Å².